The fourth-order valence-corrected chi connectivity index (χ4v) is 2.35. The Morgan fingerprint density at radius 2 is 2.35 bits per heavy atom. The van der Waals surface area contributed by atoms with Crippen molar-refractivity contribution in [3.8, 4) is 5.75 Å². The monoisotopic (exact) mass is 299 g/mol. The molecule has 94 valence electrons. The third-order valence-corrected chi connectivity index (χ3v) is 3.43. The fraction of sp³-hybridized carbons (Fsp3) is 0.615. The summed E-state index contributed by atoms with van der Waals surface area (Å²) in [4.78, 5) is 4.44. The molecule has 0 spiro atoms. The van der Waals surface area contributed by atoms with Crippen molar-refractivity contribution >= 4 is 15.9 Å². The van der Waals surface area contributed by atoms with Gasteiger partial charge in [-0.2, -0.15) is 0 Å². The van der Waals surface area contributed by atoms with Crippen molar-refractivity contribution < 1.29 is 9.47 Å². The number of hydrogen-bond acceptors (Lipinski definition) is 3. The van der Waals surface area contributed by atoms with Gasteiger partial charge in [0.2, 0.25) is 0 Å². The van der Waals surface area contributed by atoms with Gasteiger partial charge in [0.1, 0.15) is 12.4 Å². The Bertz CT molecular complexity index is 364. The van der Waals surface area contributed by atoms with Crippen LogP contribution in [0.4, 0.5) is 0 Å². The zero-order valence-electron chi connectivity index (χ0n) is 10.1. The second kappa shape index (κ2) is 6.36. The smallest absolute Gasteiger partial charge is 0.141 e. The molecule has 0 aliphatic carbocycles. The van der Waals surface area contributed by atoms with E-state index in [0.29, 0.717) is 6.61 Å². The summed E-state index contributed by atoms with van der Waals surface area (Å²) < 4.78 is 11.4. The lowest BCUT2D eigenvalue weighted by Gasteiger charge is -2.23. The maximum atomic E-state index is 5.80. The van der Waals surface area contributed by atoms with Gasteiger partial charge in [-0.3, -0.25) is 4.98 Å². The average Bonchev–Trinajstić information content (AvgIpc) is 2.38. The molecule has 0 saturated carbocycles. The average molecular weight is 300 g/mol. The maximum Gasteiger partial charge on any atom is 0.141 e. The minimum Gasteiger partial charge on any atom is -0.489 e. The second-order valence-electron chi connectivity index (χ2n) is 4.33. The summed E-state index contributed by atoms with van der Waals surface area (Å²) in [7, 11) is 0. The molecule has 1 aromatic rings. The lowest BCUT2D eigenvalue weighted by atomic mass is 10.1. The zero-order valence-corrected chi connectivity index (χ0v) is 11.7. The molecule has 1 fully saturated rings. The van der Waals surface area contributed by atoms with E-state index in [0.717, 1.165) is 35.5 Å². The number of aryl methyl sites for hydroxylation is 1. The first kappa shape index (κ1) is 12.8. The summed E-state index contributed by atoms with van der Waals surface area (Å²) in [5.74, 6) is 0.863. The fourth-order valence-electron chi connectivity index (χ4n) is 1.95. The summed E-state index contributed by atoms with van der Waals surface area (Å²) in [5, 5.41) is 0.718. The van der Waals surface area contributed by atoms with E-state index >= 15 is 0 Å². The number of alkyl halides is 1. The minimum absolute atomic E-state index is 0.244. The van der Waals surface area contributed by atoms with Crippen LogP contribution in [-0.4, -0.2) is 24.3 Å². The first-order valence-corrected chi connectivity index (χ1v) is 7.18. The summed E-state index contributed by atoms with van der Waals surface area (Å²) >= 11 is 3.43. The van der Waals surface area contributed by atoms with Crippen molar-refractivity contribution in [3.63, 3.8) is 0 Å². The highest BCUT2D eigenvalue weighted by Crippen LogP contribution is 2.21. The quantitative estimate of drug-likeness (QED) is 0.800. The van der Waals surface area contributed by atoms with Crippen LogP contribution in [0.1, 0.15) is 30.7 Å². The van der Waals surface area contributed by atoms with Gasteiger partial charge < -0.3 is 9.47 Å². The molecule has 1 aromatic heterocycles. The number of halogens is 1. The second-order valence-corrected chi connectivity index (χ2v) is 4.89. The van der Waals surface area contributed by atoms with Crippen LogP contribution in [0.2, 0.25) is 0 Å². The Balaban J connectivity index is 1.93. The van der Waals surface area contributed by atoms with E-state index in [1.807, 2.05) is 19.1 Å². The molecule has 4 heteroatoms. The van der Waals surface area contributed by atoms with E-state index in [4.69, 9.17) is 9.47 Å². The van der Waals surface area contributed by atoms with Gasteiger partial charge >= 0.3 is 0 Å². The predicted octanol–water partition coefficient (Wildman–Crippen LogP) is 3.23. The van der Waals surface area contributed by atoms with Crippen molar-refractivity contribution in [1.29, 1.82) is 0 Å². The van der Waals surface area contributed by atoms with Crippen LogP contribution < -0.4 is 4.74 Å². The minimum atomic E-state index is 0.244. The summed E-state index contributed by atoms with van der Waals surface area (Å²) in [6, 6.07) is 3.96. The van der Waals surface area contributed by atoms with Gasteiger partial charge in [-0.25, -0.2) is 0 Å². The first-order valence-electron chi connectivity index (χ1n) is 6.06. The highest BCUT2D eigenvalue weighted by atomic mass is 79.9. The van der Waals surface area contributed by atoms with Crippen LogP contribution in [-0.2, 0) is 10.1 Å². The van der Waals surface area contributed by atoms with Crippen LogP contribution in [0, 0.1) is 6.92 Å². The molecule has 17 heavy (non-hydrogen) atoms. The molecule has 0 aromatic carbocycles. The highest BCUT2D eigenvalue weighted by molar-refractivity contribution is 9.08. The zero-order chi connectivity index (χ0) is 12.1. The molecule has 1 atom stereocenters. The highest BCUT2D eigenvalue weighted by Gasteiger charge is 2.15. The lowest BCUT2D eigenvalue weighted by molar-refractivity contribution is -0.0112. The van der Waals surface area contributed by atoms with Crippen LogP contribution >= 0.6 is 15.9 Å². The largest absolute Gasteiger partial charge is 0.489 e. The van der Waals surface area contributed by atoms with Gasteiger partial charge in [-0.05, 0) is 38.3 Å². The van der Waals surface area contributed by atoms with E-state index in [1.54, 1.807) is 0 Å². The first-order chi connectivity index (χ1) is 8.29. The van der Waals surface area contributed by atoms with Gasteiger partial charge in [0, 0.05) is 17.6 Å². The van der Waals surface area contributed by atoms with Crippen molar-refractivity contribution in [1.82, 2.24) is 4.98 Å². The number of nitrogens with zero attached hydrogens (tertiary/aromatic N) is 1. The van der Waals surface area contributed by atoms with Crippen molar-refractivity contribution in [2.24, 2.45) is 0 Å². The normalized spacial score (nSPS) is 20.2. The van der Waals surface area contributed by atoms with Crippen LogP contribution in [0.15, 0.2) is 12.1 Å². The van der Waals surface area contributed by atoms with Crippen molar-refractivity contribution in [3.05, 3.63) is 23.5 Å². The van der Waals surface area contributed by atoms with Gasteiger partial charge in [-0.1, -0.05) is 15.9 Å². The van der Waals surface area contributed by atoms with E-state index in [2.05, 4.69) is 20.9 Å². The Labute approximate surface area is 111 Å². The van der Waals surface area contributed by atoms with Gasteiger partial charge in [0.05, 0.1) is 11.8 Å². The van der Waals surface area contributed by atoms with E-state index in [-0.39, 0.29) is 6.10 Å². The molecule has 1 aliphatic rings. The van der Waals surface area contributed by atoms with E-state index < -0.39 is 0 Å². The van der Waals surface area contributed by atoms with Crippen LogP contribution in [0.3, 0.4) is 0 Å². The molecule has 2 heterocycles. The number of aromatic nitrogens is 1. The van der Waals surface area contributed by atoms with Crippen molar-refractivity contribution in [2.45, 2.75) is 37.6 Å². The number of pyridine rings is 1. The number of rotatable bonds is 4. The molecule has 0 radical (unpaired) electrons. The van der Waals surface area contributed by atoms with Gasteiger partial charge in [0.15, 0.2) is 0 Å². The molecule has 1 saturated heterocycles. The molecule has 0 N–H and O–H groups in total. The number of ether oxygens (including phenoxy) is 2. The van der Waals surface area contributed by atoms with E-state index in [9.17, 15) is 0 Å². The predicted molar refractivity (Wildman–Crippen MR) is 70.7 cm³/mol. The third-order valence-electron chi connectivity index (χ3n) is 2.90. The standard InChI is InChI=1S/C13H18BrNO2/c1-10-5-6-13(12(8-14)15-10)17-9-11-4-2-3-7-16-11/h5-6,11H,2-4,7-9H2,1H3. The Kier molecular flexibility index (Phi) is 4.80. The molecule has 2 rings (SSSR count). The number of hydrogen-bond donors (Lipinski definition) is 0. The summed E-state index contributed by atoms with van der Waals surface area (Å²) in [6.45, 7) is 3.48. The van der Waals surface area contributed by atoms with Gasteiger partial charge in [-0.15, -0.1) is 0 Å². The van der Waals surface area contributed by atoms with Crippen LogP contribution in [0.5, 0.6) is 5.75 Å². The third kappa shape index (κ3) is 3.68. The maximum absolute atomic E-state index is 5.80. The van der Waals surface area contributed by atoms with E-state index in [1.165, 1.54) is 12.8 Å². The summed E-state index contributed by atoms with van der Waals surface area (Å²) in [6.07, 6.45) is 3.76. The van der Waals surface area contributed by atoms with Gasteiger partial charge in [0.25, 0.3) is 0 Å². The summed E-state index contributed by atoms with van der Waals surface area (Å²) in [5.41, 5.74) is 1.97. The molecule has 3 nitrogen and oxygen atoms in total. The topological polar surface area (TPSA) is 31.4 Å². The molecular formula is C13H18BrNO2. The Morgan fingerprint density at radius 1 is 1.47 bits per heavy atom. The molecule has 1 aliphatic heterocycles. The van der Waals surface area contributed by atoms with Crippen molar-refractivity contribution in [2.75, 3.05) is 13.2 Å². The molecular weight excluding hydrogens is 282 g/mol. The molecule has 1 unspecified atom stereocenters. The Morgan fingerprint density at radius 3 is 3.06 bits per heavy atom. The van der Waals surface area contributed by atoms with Crippen LogP contribution in [0.25, 0.3) is 0 Å². The Hall–Kier alpha value is -0.610. The molecule has 0 amide bonds. The SMILES string of the molecule is Cc1ccc(OCC2CCCCO2)c(CBr)n1. The molecule has 0 bridgehead atoms. The lowest BCUT2D eigenvalue weighted by Crippen LogP contribution is -2.26.